The molecule has 0 unspecified atom stereocenters. The van der Waals surface area contributed by atoms with Crippen molar-refractivity contribution in [3.63, 3.8) is 0 Å². The van der Waals surface area contributed by atoms with Crippen LogP contribution in [0.2, 0.25) is 0 Å². The first kappa shape index (κ1) is 12.4. The lowest BCUT2D eigenvalue weighted by Crippen LogP contribution is -2.11. The summed E-state index contributed by atoms with van der Waals surface area (Å²) in [5.41, 5.74) is 0.993. The summed E-state index contributed by atoms with van der Waals surface area (Å²) < 4.78 is 0. The summed E-state index contributed by atoms with van der Waals surface area (Å²) in [5.74, 6) is 0. The molecule has 0 spiro atoms. The first-order chi connectivity index (χ1) is 5.84. The molecule has 0 fully saturated rings. The minimum absolute atomic E-state index is 0. The fourth-order valence-corrected chi connectivity index (χ4v) is 1.12. The van der Waals surface area contributed by atoms with Crippen molar-refractivity contribution < 1.29 is 5.11 Å². The van der Waals surface area contributed by atoms with Crippen LogP contribution in [0.3, 0.4) is 0 Å². The van der Waals surface area contributed by atoms with Crippen LogP contribution in [0.4, 0.5) is 0 Å². The molecule has 0 aromatic heterocycles. The van der Waals surface area contributed by atoms with E-state index in [9.17, 15) is 5.11 Å². The quantitative estimate of drug-likeness (QED) is 0.778. The zero-order valence-corrected chi connectivity index (χ0v) is 8.55. The van der Waals surface area contributed by atoms with Crippen molar-refractivity contribution >= 4 is 12.4 Å². The van der Waals surface area contributed by atoms with Crippen molar-refractivity contribution in [3.05, 3.63) is 35.9 Å². The van der Waals surface area contributed by atoms with E-state index in [1.165, 1.54) is 0 Å². The Morgan fingerprint density at radius 1 is 1.31 bits per heavy atom. The molecule has 0 amide bonds. The van der Waals surface area contributed by atoms with Crippen LogP contribution in [0, 0.1) is 0 Å². The van der Waals surface area contributed by atoms with Crippen LogP contribution in [0.5, 0.6) is 0 Å². The third-order valence-electron chi connectivity index (χ3n) is 1.85. The lowest BCUT2D eigenvalue weighted by molar-refractivity contribution is 0.168. The third-order valence-corrected chi connectivity index (χ3v) is 1.85. The van der Waals surface area contributed by atoms with Gasteiger partial charge >= 0.3 is 0 Å². The predicted octanol–water partition coefficient (Wildman–Crippen LogP) is 1.75. The monoisotopic (exact) mass is 201 g/mol. The minimum atomic E-state index is -0.335. The first-order valence-electron chi connectivity index (χ1n) is 4.22. The highest BCUT2D eigenvalue weighted by molar-refractivity contribution is 5.85. The van der Waals surface area contributed by atoms with Crippen LogP contribution in [0.25, 0.3) is 0 Å². The van der Waals surface area contributed by atoms with Crippen LogP contribution in [0.15, 0.2) is 30.3 Å². The molecule has 0 aliphatic carbocycles. The molecule has 0 radical (unpaired) electrons. The number of hydrogen-bond acceptors (Lipinski definition) is 2. The van der Waals surface area contributed by atoms with E-state index in [4.69, 9.17) is 0 Å². The lowest BCUT2D eigenvalue weighted by Gasteiger charge is -2.09. The Labute approximate surface area is 85.4 Å². The maximum absolute atomic E-state index is 9.61. The molecule has 2 N–H and O–H groups in total. The number of rotatable bonds is 4. The lowest BCUT2D eigenvalue weighted by atomic mass is 10.1. The Morgan fingerprint density at radius 3 is 2.46 bits per heavy atom. The Hall–Kier alpha value is -0.570. The van der Waals surface area contributed by atoms with Gasteiger partial charge in [0.25, 0.3) is 0 Å². The molecule has 0 bridgehead atoms. The second-order valence-electron chi connectivity index (χ2n) is 2.82. The zero-order chi connectivity index (χ0) is 8.81. The molecular formula is C10H16ClNO. The fraction of sp³-hybridized carbons (Fsp3) is 0.400. The van der Waals surface area contributed by atoms with E-state index in [2.05, 4.69) is 5.32 Å². The zero-order valence-electron chi connectivity index (χ0n) is 7.73. The van der Waals surface area contributed by atoms with Gasteiger partial charge in [0.1, 0.15) is 0 Å². The molecule has 0 heterocycles. The summed E-state index contributed by atoms with van der Waals surface area (Å²) in [6, 6.07) is 9.73. The Balaban J connectivity index is 0.00000144. The van der Waals surface area contributed by atoms with Crippen molar-refractivity contribution in [3.8, 4) is 0 Å². The van der Waals surface area contributed by atoms with E-state index >= 15 is 0 Å². The van der Waals surface area contributed by atoms with Crippen molar-refractivity contribution in [2.45, 2.75) is 12.5 Å². The van der Waals surface area contributed by atoms with E-state index in [0.29, 0.717) is 0 Å². The second kappa shape index (κ2) is 6.89. The van der Waals surface area contributed by atoms with E-state index in [1.54, 1.807) is 0 Å². The summed E-state index contributed by atoms with van der Waals surface area (Å²) in [4.78, 5) is 0. The molecule has 1 rings (SSSR count). The molecule has 13 heavy (non-hydrogen) atoms. The van der Waals surface area contributed by atoms with Gasteiger partial charge in [0.2, 0.25) is 0 Å². The van der Waals surface area contributed by atoms with Crippen molar-refractivity contribution in [2.24, 2.45) is 0 Å². The third kappa shape index (κ3) is 4.27. The van der Waals surface area contributed by atoms with Crippen molar-refractivity contribution in [1.82, 2.24) is 5.32 Å². The van der Waals surface area contributed by atoms with E-state index in [0.717, 1.165) is 18.5 Å². The average Bonchev–Trinajstić information content (AvgIpc) is 2.15. The van der Waals surface area contributed by atoms with Crippen LogP contribution in [-0.4, -0.2) is 18.7 Å². The molecule has 0 saturated heterocycles. The molecule has 0 aliphatic heterocycles. The van der Waals surface area contributed by atoms with Gasteiger partial charge in [0.05, 0.1) is 6.10 Å². The van der Waals surface area contributed by atoms with Crippen LogP contribution < -0.4 is 5.32 Å². The van der Waals surface area contributed by atoms with Gasteiger partial charge in [-0.05, 0) is 25.6 Å². The second-order valence-corrected chi connectivity index (χ2v) is 2.82. The highest BCUT2D eigenvalue weighted by Gasteiger charge is 2.04. The summed E-state index contributed by atoms with van der Waals surface area (Å²) >= 11 is 0. The normalized spacial score (nSPS) is 11.8. The van der Waals surface area contributed by atoms with Gasteiger partial charge in [-0.3, -0.25) is 0 Å². The molecule has 1 aromatic rings. The molecule has 1 aromatic carbocycles. The number of aliphatic hydroxyl groups excluding tert-OH is 1. The van der Waals surface area contributed by atoms with Gasteiger partial charge in [0, 0.05) is 0 Å². The number of benzene rings is 1. The summed E-state index contributed by atoms with van der Waals surface area (Å²) in [7, 11) is 1.89. The minimum Gasteiger partial charge on any atom is -0.388 e. The summed E-state index contributed by atoms with van der Waals surface area (Å²) in [5, 5.41) is 12.6. The largest absolute Gasteiger partial charge is 0.388 e. The molecule has 74 valence electrons. The Bertz CT molecular complexity index is 215. The molecule has 1 atom stereocenters. The van der Waals surface area contributed by atoms with Gasteiger partial charge in [-0.1, -0.05) is 30.3 Å². The van der Waals surface area contributed by atoms with Crippen molar-refractivity contribution in [1.29, 1.82) is 0 Å². The SMILES string of the molecule is CNCC[C@H](O)c1ccccc1.Cl. The standard InChI is InChI=1S/C10H15NO.ClH/c1-11-8-7-10(12)9-5-3-2-4-6-9;/h2-6,10-12H,7-8H2,1H3;1H/t10-;/m0./s1. The van der Waals surface area contributed by atoms with Crippen LogP contribution in [0.1, 0.15) is 18.1 Å². The van der Waals surface area contributed by atoms with Gasteiger partial charge in [-0.25, -0.2) is 0 Å². The Morgan fingerprint density at radius 2 is 1.92 bits per heavy atom. The van der Waals surface area contributed by atoms with Gasteiger partial charge in [0.15, 0.2) is 0 Å². The highest BCUT2D eigenvalue weighted by Crippen LogP contribution is 2.14. The smallest absolute Gasteiger partial charge is 0.0802 e. The van der Waals surface area contributed by atoms with Crippen LogP contribution >= 0.6 is 12.4 Å². The first-order valence-corrected chi connectivity index (χ1v) is 4.22. The molecule has 2 nitrogen and oxygen atoms in total. The van der Waals surface area contributed by atoms with Crippen molar-refractivity contribution in [2.75, 3.05) is 13.6 Å². The van der Waals surface area contributed by atoms with Gasteiger partial charge in [-0.15, -0.1) is 12.4 Å². The predicted molar refractivity (Wildman–Crippen MR) is 57.2 cm³/mol. The van der Waals surface area contributed by atoms with Crippen LogP contribution in [-0.2, 0) is 0 Å². The van der Waals surface area contributed by atoms with Gasteiger partial charge in [-0.2, -0.15) is 0 Å². The van der Waals surface area contributed by atoms with Gasteiger partial charge < -0.3 is 10.4 Å². The Kier molecular flexibility index (Phi) is 6.59. The average molecular weight is 202 g/mol. The maximum atomic E-state index is 9.61. The molecular weight excluding hydrogens is 186 g/mol. The summed E-state index contributed by atoms with van der Waals surface area (Å²) in [6.07, 6.45) is 0.430. The maximum Gasteiger partial charge on any atom is 0.0802 e. The summed E-state index contributed by atoms with van der Waals surface area (Å²) in [6.45, 7) is 0.843. The fourth-order valence-electron chi connectivity index (χ4n) is 1.12. The number of halogens is 1. The van der Waals surface area contributed by atoms with E-state index in [-0.39, 0.29) is 18.5 Å². The molecule has 0 aliphatic rings. The molecule has 0 saturated carbocycles. The number of nitrogens with one attached hydrogen (secondary N) is 1. The molecule has 3 heteroatoms. The van der Waals surface area contributed by atoms with E-state index < -0.39 is 0 Å². The number of aliphatic hydroxyl groups is 1. The van der Waals surface area contributed by atoms with E-state index in [1.807, 2.05) is 37.4 Å². The number of hydrogen-bond donors (Lipinski definition) is 2. The highest BCUT2D eigenvalue weighted by atomic mass is 35.5. The topological polar surface area (TPSA) is 32.3 Å².